The van der Waals surface area contributed by atoms with Crippen LogP contribution in [0.25, 0.3) is 0 Å². The van der Waals surface area contributed by atoms with Crippen molar-refractivity contribution in [3.63, 3.8) is 0 Å². The summed E-state index contributed by atoms with van der Waals surface area (Å²) in [5.74, 6) is -0.664. The number of carbonyl (C=O) groups excluding carboxylic acids is 1. The summed E-state index contributed by atoms with van der Waals surface area (Å²) in [5.41, 5.74) is -0.0448. The Kier molecular flexibility index (Phi) is 6.16. The van der Waals surface area contributed by atoms with Crippen LogP contribution in [0, 0.1) is 0 Å². The van der Waals surface area contributed by atoms with Gasteiger partial charge < -0.3 is 15.2 Å². The zero-order valence-corrected chi connectivity index (χ0v) is 13.4. The quantitative estimate of drug-likeness (QED) is 0.759. The van der Waals surface area contributed by atoms with Crippen molar-refractivity contribution in [3.8, 4) is 5.75 Å². The summed E-state index contributed by atoms with van der Waals surface area (Å²) in [6, 6.07) is 6.24. The predicted octanol–water partition coefficient (Wildman–Crippen LogP) is 2.51. The number of rotatable bonds is 7. The SMILES string of the molecule is C/C=C/CC(NC(=O)C(C)(C)c1ccc(OC)cc1)C(=O)O. The normalized spacial score (nSPS) is 12.9. The number of methoxy groups -OCH3 is 1. The fourth-order valence-electron chi connectivity index (χ4n) is 1.97. The number of aliphatic carboxylic acids is 1. The highest BCUT2D eigenvalue weighted by Gasteiger charge is 2.32. The Hall–Kier alpha value is -2.30. The molecule has 1 rings (SSSR count). The Labute approximate surface area is 131 Å². The number of carbonyl (C=O) groups is 2. The number of carboxylic acids is 1. The fraction of sp³-hybridized carbons (Fsp3) is 0.412. The molecule has 1 aromatic carbocycles. The van der Waals surface area contributed by atoms with E-state index in [0.717, 1.165) is 5.56 Å². The van der Waals surface area contributed by atoms with E-state index in [1.165, 1.54) is 0 Å². The van der Waals surface area contributed by atoms with Gasteiger partial charge in [0.15, 0.2) is 0 Å². The lowest BCUT2D eigenvalue weighted by molar-refractivity contribution is -0.142. The maximum absolute atomic E-state index is 12.5. The molecule has 22 heavy (non-hydrogen) atoms. The summed E-state index contributed by atoms with van der Waals surface area (Å²) in [7, 11) is 1.57. The van der Waals surface area contributed by atoms with Gasteiger partial charge in [-0.3, -0.25) is 4.79 Å². The summed E-state index contributed by atoms with van der Waals surface area (Å²) in [6.07, 6.45) is 3.74. The van der Waals surface area contributed by atoms with Crippen molar-refractivity contribution < 1.29 is 19.4 Å². The van der Waals surface area contributed by atoms with Gasteiger partial charge in [-0.2, -0.15) is 0 Å². The number of amides is 1. The zero-order chi connectivity index (χ0) is 16.8. The van der Waals surface area contributed by atoms with Crippen LogP contribution in [0.5, 0.6) is 5.75 Å². The van der Waals surface area contributed by atoms with Crippen molar-refractivity contribution in [1.82, 2.24) is 5.32 Å². The van der Waals surface area contributed by atoms with Gasteiger partial charge in [0.2, 0.25) is 5.91 Å². The van der Waals surface area contributed by atoms with E-state index < -0.39 is 17.4 Å². The molecule has 1 atom stereocenters. The second kappa shape index (κ2) is 7.64. The highest BCUT2D eigenvalue weighted by Crippen LogP contribution is 2.25. The Morgan fingerprint density at radius 2 is 1.91 bits per heavy atom. The first kappa shape index (κ1) is 17.8. The van der Waals surface area contributed by atoms with Gasteiger partial charge in [0, 0.05) is 0 Å². The molecule has 5 nitrogen and oxygen atoms in total. The Balaban J connectivity index is 2.89. The number of carboxylic acid groups (broad SMARTS) is 1. The van der Waals surface area contributed by atoms with Crippen LogP contribution in [0.3, 0.4) is 0 Å². The molecular formula is C17H23NO4. The van der Waals surface area contributed by atoms with Crippen molar-refractivity contribution >= 4 is 11.9 Å². The molecule has 0 bridgehead atoms. The minimum absolute atomic E-state index is 0.260. The molecule has 5 heteroatoms. The summed E-state index contributed by atoms with van der Waals surface area (Å²) >= 11 is 0. The summed E-state index contributed by atoms with van der Waals surface area (Å²) in [6.45, 7) is 5.33. The van der Waals surface area contributed by atoms with Crippen LogP contribution in [-0.4, -0.2) is 30.1 Å². The van der Waals surface area contributed by atoms with E-state index in [9.17, 15) is 14.7 Å². The van der Waals surface area contributed by atoms with Crippen molar-refractivity contribution in [1.29, 1.82) is 0 Å². The van der Waals surface area contributed by atoms with Crippen LogP contribution >= 0.6 is 0 Å². The van der Waals surface area contributed by atoms with E-state index in [4.69, 9.17) is 4.74 Å². The van der Waals surface area contributed by atoms with Crippen LogP contribution in [0.4, 0.5) is 0 Å². The van der Waals surface area contributed by atoms with Crippen molar-refractivity contribution in [2.75, 3.05) is 7.11 Å². The first-order valence-electron chi connectivity index (χ1n) is 7.12. The standard InChI is InChI=1S/C17H23NO4/c1-5-6-7-14(15(19)20)18-16(21)17(2,3)12-8-10-13(22-4)11-9-12/h5-6,8-11,14H,7H2,1-4H3,(H,18,21)(H,19,20)/b6-5+. The Morgan fingerprint density at radius 1 is 1.32 bits per heavy atom. The van der Waals surface area contributed by atoms with Gasteiger partial charge in [-0.15, -0.1) is 0 Å². The van der Waals surface area contributed by atoms with E-state index in [1.807, 2.05) is 6.92 Å². The topological polar surface area (TPSA) is 75.6 Å². The van der Waals surface area contributed by atoms with Gasteiger partial charge in [0.05, 0.1) is 12.5 Å². The molecule has 0 saturated carbocycles. The number of hydrogen-bond donors (Lipinski definition) is 2. The van der Waals surface area contributed by atoms with Gasteiger partial charge in [-0.05, 0) is 44.9 Å². The smallest absolute Gasteiger partial charge is 0.326 e. The molecule has 120 valence electrons. The zero-order valence-electron chi connectivity index (χ0n) is 13.4. The second-order valence-electron chi connectivity index (χ2n) is 5.52. The number of nitrogens with one attached hydrogen (secondary N) is 1. The Morgan fingerprint density at radius 3 is 2.36 bits per heavy atom. The lowest BCUT2D eigenvalue weighted by Crippen LogP contribution is -2.48. The second-order valence-corrected chi connectivity index (χ2v) is 5.52. The van der Waals surface area contributed by atoms with Gasteiger partial charge in [0.25, 0.3) is 0 Å². The number of benzene rings is 1. The van der Waals surface area contributed by atoms with E-state index >= 15 is 0 Å². The molecule has 0 aliphatic heterocycles. The lowest BCUT2D eigenvalue weighted by atomic mass is 9.83. The van der Waals surface area contributed by atoms with Gasteiger partial charge in [0.1, 0.15) is 11.8 Å². The summed E-state index contributed by atoms with van der Waals surface area (Å²) in [5, 5.41) is 11.8. The highest BCUT2D eigenvalue weighted by atomic mass is 16.5. The molecule has 0 aliphatic rings. The third-order valence-corrected chi connectivity index (χ3v) is 3.59. The van der Waals surface area contributed by atoms with Crippen molar-refractivity contribution in [3.05, 3.63) is 42.0 Å². The van der Waals surface area contributed by atoms with Crippen molar-refractivity contribution in [2.24, 2.45) is 0 Å². The maximum Gasteiger partial charge on any atom is 0.326 e. The predicted molar refractivity (Wildman–Crippen MR) is 85.0 cm³/mol. The van der Waals surface area contributed by atoms with Crippen LogP contribution in [0.15, 0.2) is 36.4 Å². The molecule has 0 fully saturated rings. The monoisotopic (exact) mass is 305 g/mol. The van der Waals surface area contributed by atoms with Crippen LogP contribution in [0.1, 0.15) is 32.8 Å². The van der Waals surface area contributed by atoms with E-state index in [-0.39, 0.29) is 12.3 Å². The molecule has 0 heterocycles. The molecule has 0 saturated heterocycles. The number of ether oxygens (including phenoxy) is 1. The van der Waals surface area contributed by atoms with Crippen LogP contribution < -0.4 is 10.1 Å². The number of allylic oxidation sites excluding steroid dienone is 1. The molecule has 0 aromatic heterocycles. The maximum atomic E-state index is 12.5. The molecule has 0 radical (unpaired) electrons. The first-order valence-corrected chi connectivity index (χ1v) is 7.12. The third kappa shape index (κ3) is 4.35. The third-order valence-electron chi connectivity index (χ3n) is 3.59. The molecular weight excluding hydrogens is 282 g/mol. The van der Waals surface area contributed by atoms with E-state index in [1.54, 1.807) is 57.4 Å². The van der Waals surface area contributed by atoms with E-state index in [2.05, 4.69) is 5.32 Å². The lowest BCUT2D eigenvalue weighted by Gasteiger charge is -2.26. The summed E-state index contributed by atoms with van der Waals surface area (Å²) in [4.78, 5) is 23.7. The average molecular weight is 305 g/mol. The minimum Gasteiger partial charge on any atom is -0.497 e. The number of hydrogen-bond acceptors (Lipinski definition) is 3. The molecule has 0 aliphatic carbocycles. The van der Waals surface area contributed by atoms with Crippen LogP contribution in [-0.2, 0) is 15.0 Å². The molecule has 2 N–H and O–H groups in total. The first-order chi connectivity index (χ1) is 10.3. The highest BCUT2D eigenvalue weighted by molar-refractivity contribution is 5.90. The molecule has 1 unspecified atom stereocenters. The average Bonchev–Trinajstić information content (AvgIpc) is 2.50. The minimum atomic E-state index is -1.04. The molecule has 1 aromatic rings. The van der Waals surface area contributed by atoms with Gasteiger partial charge >= 0.3 is 5.97 Å². The largest absolute Gasteiger partial charge is 0.497 e. The molecule has 1 amide bonds. The fourth-order valence-corrected chi connectivity index (χ4v) is 1.97. The van der Waals surface area contributed by atoms with Gasteiger partial charge in [-0.25, -0.2) is 4.79 Å². The van der Waals surface area contributed by atoms with E-state index in [0.29, 0.717) is 5.75 Å². The Bertz CT molecular complexity index is 546. The molecule has 0 spiro atoms. The van der Waals surface area contributed by atoms with Crippen LogP contribution in [0.2, 0.25) is 0 Å². The summed E-state index contributed by atoms with van der Waals surface area (Å²) < 4.78 is 5.10. The van der Waals surface area contributed by atoms with Gasteiger partial charge in [-0.1, -0.05) is 24.3 Å². The van der Waals surface area contributed by atoms with Crippen molar-refractivity contribution in [2.45, 2.75) is 38.6 Å².